The third-order valence-electron chi connectivity index (χ3n) is 8.75. The van der Waals surface area contributed by atoms with Crippen molar-refractivity contribution in [2.45, 2.75) is 91.4 Å². The number of unbranched alkanes of at least 4 members (excludes halogenated alkanes) is 3. The van der Waals surface area contributed by atoms with E-state index in [2.05, 4.69) is 26.8 Å². The Morgan fingerprint density at radius 1 is 1.00 bits per heavy atom. The van der Waals surface area contributed by atoms with Crippen LogP contribution in [0.1, 0.15) is 91.4 Å². The van der Waals surface area contributed by atoms with Crippen molar-refractivity contribution in [2.24, 2.45) is 28.6 Å². The Labute approximate surface area is 164 Å². The number of allylic oxidation sites excluding steroid dienone is 4. The lowest BCUT2D eigenvalue weighted by molar-refractivity contribution is -0.131. The highest BCUT2D eigenvalue weighted by molar-refractivity contribution is 6.05. The molecule has 4 aliphatic rings. The van der Waals surface area contributed by atoms with Crippen molar-refractivity contribution in [3.8, 4) is 0 Å². The van der Waals surface area contributed by atoms with Crippen LogP contribution in [0.2, 0.25) is 0 Å². The van der Waals surface area contributed by atoms with Crippen molar-refractivity contribution in [1.29, 1.82) is 0 Å². The van der Waals surface area contributed by atoms with Gasteiger partial charge in [0.1, 0.15) is 5.78 Å². The van der Waals surface area contributed by atoms with Crippen LogP contribution >= 0.6 is 0 Å². The maximum absolute atomic E-state index is 12.7. The summed E-state index contributed by atoms with van der Waals surface area (Å²) in [5.74, 6) is 2.63. The van der Waals surface area contributed by atoms with Gasteiger partial charge in [0.2, 0.25) is 0 Å². The molecule has 0 aliphatic heterocycles. The van der Waals surface area contributed by atoms with Crippen LogP contribution < -0.4 is 0 Å². The zero-order valence-corrected chi connectivity index (χ0v) is 17.5. The van der Waals surface area contributed by atoms with Crippen molar-refractivity contribution < 1.29 is 9.59 Å². The van der Waals surface area contributed by atoms with Gasteiger partial charge in [-0.15, -0.1) is 0 Å². The van der Waals surface area contributed by atoms with Crippen LogP contribution in [0.25, 0.3) is 0 Å². The van der Waals surface area contributed by atoms with Gasteiger partial charge in [0.15, 0.2) is 5.78 Å². The van der Waals surface area contributed by atoms with Gasteiger partial charge in [-0.2, -0.15) is 0 Å². The SMILES string of the molecule is CCCCCCC1=C[C@@]2(C)C(=CC1=O)CC[C@@H]1[C@@H]2CC[C@]2(C)C(=O)CC[C@@H]12. The quantitative estimate of drug-likeness (QED) is 0.541. The van der Waals surface area contributed by atoms with Crippen molar-refractivity contribution in [1.82, 2.24) is 0 Å². The highest BCUT2D eigenvalue weighted by Gasteiger charge is 2.58. The third-order valence-corrected chi connectivity index (χ3v) is 8.75. The molecule has 0 radical (unpaired) electrons. The number of carbonyl (C=O) groups is 2. The number of fused-ring (bicyclic) bond motifs is 5. The molecule has 3 saturated carbocycles. The molecule has 148 valence electrons. The minimum atomic E-state index is -0.0596. The normalized spacial score (nSPS) is 40.8. The summed E-state index contributed by atoms with van der Waals surface area (Å²) >= 11 is 0. The molecule has 0 saturated heterocycles. The first-order valence-corrected chi connectivity index (χ1v) is 11.4. The predicted molar refractivity (Wildman–Crippen MR) is 109 cm³/mol. The van der Waals surface area contributed by atoms with E-state index in [-0.39, 0.29) is 16.6 Å². The minimum Gasteiger partial charge on any atom is -0.299 e. The fraction of sp³-hybridized carbons (Fsp3) is 0.760. The number of hydrogen-bond acceptors (Lipinski definition) is 2. The Hall–Kier alpha value is -1.18. The second kappa shape index (κ2) is 7.01. The van der Waals surface area contributed by atoms with Crippen LogP contribution in [0, 0.1) is 28.6 Å². The molecule has 0 aromatic carbocycles. The Balaban J connectivity index is 1.59. The first kappa shape index (κ1) is 19.2. The lowest BCUT2D eigenvalue weighted by atomic mass is 9.48. The van der Waals surface area contributed by atoms with E-state index in [1.165, 1.54) is 31.3 Å². The molecule has 5 atom stereocenters. The molecule has 0 spiro atoms. The summed E-state index contributed by atoms with van der Waals surface area (Å²) in [7, 11) is 0. The molecule has 0 aromatic heterocycles. The van der Waals surface area contributed by atoms with Crippen LogP contribution in [-0.2, 0) is 9.59 Å². The summed E-state index contributed by atoms with van der Waals surface area (Å²) in [6.45, 7) is 6.87. The van der Waals surface area contributed by atoms with Gasteiger partial charge in [0.05, 0.1) is 0 Å². The summed E-state index contributed by atoms with van der Waals surface area (Å²) in [4.78, 5) is 25.3. The Bertz CT molecular complexity index is 699. The fourth-order valence-electron chi connectivity index (χ4n) is 7.08. The van der Waals surface area contributed by atoms with Gasteiger partial charge >= 0.3 is 0 Å². The van der Waals surface area contributed by atoms with E-state index < -0.39 is 0 Å². The Morgan fingerprint density at radius 2 is 1.81 bits per heavy atom. The number of Topliss-reactive ketones (excluding diaryl/α,β-unsaturated/α-hetero) is 1. The zero-order valence-electron chi connectivity index (χ0n) is 17.5. The summed E-state index contributed by atoms with van der Waals surface area (Å²) in [6.07, 6.45) is 16.5. The molecule has 2 nitrogen and oxygen atoms in total. The average molecular weight is 369 g/mol. The van der Waals surface area contributed by atoms with E-state index >= 15 is 0 Å². The van der Waals surface area contributed by atoms with E-state index in [0.29, 0.717) is 23.5 Å². The van der Waals surface area contributed by atoms with Crippen LogP contribution in [0.4, 0.5) is 0 Å². The Kier molecular flexibility index (Phi) is 4.97. The van der Waals surface area contributed by atoms with Crippen LogP contribution in [0.15, 0.2) is 23.3 Å². The van der Waals surface area contributed by atoms with Gasteiger partial charge < -0.3 is 0 Å². The molecule has 0 aromatic rings. The summed E-state index contributed by atoms with van der Waals surface area (Å²) in [5.41, 5.74) is 2.42. The van der Waals surface area contributed by atoms with Gasteiger partial charge in [-0.3, -0.25) is 9.59 Å². The van der Waals surface area contributed by atoms with Gasteiger partial charge in [0.25, 0.3) is 0 Å². The van der Waals surface area contributed by atoms with Crippen molar-refractivity contribution in [3.05, 3.63) is 23.3 Å². The smallest absolute Gasteiger partial charge is 0.181 e. The maximum atomic E-state index is 12.7. The minimum absolute atomic E-state index is 0.0455. The molecule has 4 rings (SSSR count). The number of carbonyl (C=O) groups excluding carboxylic acids is 2. The van der Waals surface area contributed by atoms with Crippen LogP contribution in [0.5, 0.6) is 0 Å². The highest BCUT2D eigenvalue weighted by Crippen LogP contribution is 2.63. The largest absolute Gasteiger partial charge is 0.299 e. The van der Waals surface area contributed by atoms with Crippen LogP contribution in [-0.4, -0.2) is 11.6 Å². The molecular weight excluding hydrogens is 332 g/mol. The molecule has 4 aliphatic carbocycles. The van der Waals surface area contributed by atoms with Gasteiger partial charge in [-0.05, 0) is 74.3 Å². The average Bonchev–Trinajstić information content (AvgIpc) is 2.95. The predicted octanol–water partition coefficient (Wildman–Crippen LogP) is 6.20. The first-order chi connectivity index (χ1) is 12.9. The second-order valence-corrected chi connectivity index (χ2v) is 10.1. The van der Waals surface area contributed by atoms with Crippen molar-refractivity contribution in [3.63, 3.8) is 0 Å². The number of rotatable bonds is 5. The number of ketones is 2. The standard InChI is InChI=1S/C25H36O2/c1-4-5-6-7-8-17-16-25(3)18(15-22(17)26)9-10-19-20-11-12-23(27)24(20,2)14-13-21(19)25/h15-16,19-21H,4-14H2,1-3H3/t19-,20-,21-,24-,25-/m0/s1. The lowest BCUT2D eigenvalue weighted by Gasteiger charge is -2.55. The molecule has 0 unspecified atom stereocenters. The number of hydrogen-bond donors (Lipinski definition) is 0. The van der Waals surface area contributed by atoms with Crippen LogP contribution in [0.3, 0.4) is 0 Å². The molecule has 0 bridgehead atoms. The molecule has 0 amide bonds. The van der Waals surface area contributed by atoms with E-state index in [1.54, 1.807) is 0 Å². The second-order valence-electron chi connectivity index (χ2n) is 10.1. The molecule has 3 fully saturated rings. The molecular formula is C25H36O2. The van der Waals surface area contributed by atoms with Crippen molar-refractivity contribution in [2.75, 3.05) is 0 Å². The molecule has 0 N–H and O–H groups in total. The highest BCUT2D eigenvalue weighted by atomic mass is 16.1. The summed E-state index contributed by atoms with van der Waals surface area (Å²) in [6, 6.07) is 0. The summed E-state index contributed by atoms with van der Waals surface area (Å²) in [5, 5.41) is 0. The first-order valence-electron chi connectivity index (χ1n) is 11.4. The van der Waals surface area contributed by atoms with E-state index in [4.69, 9.17) is 0 Å². The van der Waals surface area contributed by atoms with E-state index in [9.17, 15) is 9.59 Å². The topological polar surface area (TPSA) is 34.1 Å². The fourth-order valence-corrected chi connectivity index (χ4v) is 7.08. The van der Waals surface area contributed by atoms with E-state index in [0.717, 1.165) is 50.5 Å². The molecule has 0 heterocycles. The van der Waals surface area contributed by atoms with Gasteiger partial charge in [-0.1, -0.05) is 51.7 Å². The third kappa shape index (κ3) is 2.98. The molecule has 27 heavy (non-hydrogen) atoms. The van der Waals surface area contributed by atoms with E-state index in [1.807, 2.05) is 6.08 Å². The van der Waals surface area contributed by atoms with Gasteiger partial charge in [0, 0.05) is 17.3 Å². The molecule has 2 heteroatoms. The summed E-state index contributed by atoms with van der Waals surface area (Å²) < 4.78 is 0. The monoisotopic (exact) mass is 368 g/mol. The maximum Gasteiger partial charge on any atom is 0.181 e. The lowest BCUT2D eigenvalue weighted by Crippen LogP contribution is -2.50. The van der Waals surface area contributed by atoms with Gasteiger partial charge in [-0.25, -0.2) is 0 Å². The van der Waals surface area contributed by atoms with Crippen molar-refractivity contribution >= 4 is 11.6 Å². The zero-order chi connectivity index (χ0) is 19.2. The Morgan fingerprint density at radius 3 is 2.59 bits per heavy atom.